The van der Waals surface area contributed by atoms with Crippen molar-refractivity contribution in [3.05, 3.63) is 0 Å². The maximum Gasteiger partial charge on any atom is 0.236 e. The van der Waals surface area contributed by atoms with Gasteiger partial charge in [0, 0.05) is 19.0 Å². The lowest BCUT2D eigenvalue weighted by Gasteiger charge is -2.20. The lowest BCUT2D eigenvalue weighted by molar-refractivity contribution is -0.131. The van der Waals surface area contributed by atoms with E-state index in [1.54, 1.807) is 0 Å². The van der Waals surface area contributed by atoms with E-state index in [-0.39, 0.29) is 5.91 Å². The molecule has 0 radical (unpaired) electrons. The lowest BCUT2D eigenvalue weighted by Crippen LogP contribution is -2.39. The highest BCUT2D eigenvalue weighted by molar-refractivity contribution is 5.86. The van der Waals surface area contributed by atoms with E-state index in [0.29, 0.717) is 24.8 Å². The summed E-state index contributed by atoms with van der Waals surface area (Å²) in [5.74, 6) is 0.768. The molecule has 2 fully saturated rings. The highest BCUT2D eigenvalue weighted by Crippen LogP contribution is 2.29. The van der Waals surface area contributed by atoms with Crippen molar-refractivity contribution in [1.82, 2.24) is 9.80 Å². The van der Waals surface area contributed by atoms with E-state index in [9.17, 15) is 9.59 Å². The first kappa shape index (κ1) is 11.6. The van der Waals surface area contributed by atoms with Crippen molar-refractivity contribution < 1.29 is 9.59 Å². The Morgan fingerprint density at radius 2 is 1.81 bits per heavy atom. The smallest absolute Gasteiger partial charge is 0.236 e. The van der Waals surface area contributed by atoms with Crippen molar-refractivity contribution in [2.24, 2.45) is 5.92 Å². The van der Waals surface area contributed by atoms with Crippen molar-refractivity contribution >= 4 is 11.7 Å². The second-order valence-electron chi connectivity index (χ2n) is 5.00. The molecule has 0 unspecified atom stereocenters. The van der Waals surface area contributed by atoms with E-state index in [4.69, 9.17) is 0 Å². The molecule has 2 rings (SSSR count). The van der Waals surface area contributed by atoms with Crippen LogP contribution in [0.4, 0.5) is 0 Å². The van der Waals surface area contributed by atoms with Gasteiger partial charge in [-0.2, -0.15) is 0 Å². The molecule has 2 aliphatic rings. The van der Waals surface area contributed by atoms with Crippen LogP contribution in [-0.4, -0.2) is 54.7 Å². The average molecular weight is 224 g/mol. The molecule has 90 valence electrons. The number of nitrogens with zero attached hydrogens (tertiary/aromatic N) is 2. The summed E-state index contributed by atoms with van der Waals surface area (Å²) >= 11 is 0. The van der Waals surface area contributed by atoms with Crippen molar-refractivity contribution in [3.8, 4) is 0 Å². The predicted octanol–water partition coefficient (Wildman–Crippen LogP) is 0.520. The molecule has 1 saturated heterocycles. The molecule has 1 saturated carbocycles. The molecule has 1 aliphatic carbocycles. The first-order valence-corrected chi connectivity index (χ1v) is 6.16. The van der Waals surface area contributed by atoms with Crippen molar-refractivity contribution in [2.45, 2.75) is 25.7 Å². The third kappa shape index (κ3) is 3.04. The minimum atomic E-state index is 0.170. The van der Waals surface area contributed by atoms with Gasteiger partial charge < -0.3 is 4.90 Å². The third-order valence-corrected chi connectivity index (χ3v) is 3.32. The number of carbonyl (C=O) groups is 2. The molecule has 0 aromatic carbocycles. The normalized spacial score (nSPS) is 20.5. The van der Waals surface area contributed by atoms with Crippen molar-refractivity contribution in [2.75, 3.05) is 33.2 Å². The summed E-state index contributed by atoms with van der Waals surface area (Å²) in [6.07, 6.45) is 4.34. The van der Waals surface area contributed by atoms with E-state index in [0.717, 1.165) is 38.8 Å². The highest BCUT2D eigenvalue weighted by Gasteiger charge is 2.30. The molecular formula is C12H20N2O2. The molecule has 0 atom stereocenters. The van der Waals surface area contributed by atoms with E-state index in [2.05, 4.69) is 0 Å². The molecule has 0 aromatic rings. The van der Waals surface area contributed by atoms with E-state index < -0.39 is 0 Å². The Bertz CT molecular complexity index is 281. The number of ketones is 1. The van der Waals surface area contributed by atoms with Crippen LogP contribution in [-0.2, 0) is 9.59 Å². The topological polar surface area (TPSA) is 40.6 Å². The maximum atomic E-state index is 11.8. The molecule has 4 heteroatoms. The number of hydrogen-bond donors (Lipinski definition) is 0. The van der Waals surface area contributed by atoms with Crippen LogP contribution in [0.2, 0.25) is 0 Å². The summed E-state index contributed by atoms with van der Waals surface area (Å²) < 4.78 is 0. The van der Waals surface area contributed by atoms with Gasteiger partial charge in [-0.1, -0.05) is 0 Å². The van der Waals surface area contributed by atoms with E-state index in [1.165, 1.54) is 0 Å². The van der Waals surface area contributed by atoms with Gasteiger partial charge in [0.25, 0.3) is 0 Å². The van der Waals surface area contributed by atoms with Gasteiger partial charge in [-0.15, -0.1) is 0 Å². The fourth-order valence-corrected chi connectivity index (χ4v) is 2.15. The van der Waals surface area contributed by atoms with Crippen LogP contribution in [0.3, 0.4) is 0 Å². The number of likely N-dealkylation sites (N-methyl/N-ethyl adjacent to an activating group) is 1. The molecule has 4 nitrogen and oxygen atoms in total. The standard InChI is InChI=1S/C12H20N2O2/c1-13(8-11(15)10-4-5-10)9-12(16)14-6-2-3-7-14/h10H,2-9H2,1H3. The summed E-state index contributed by atoms with van der Waals surface area (Å²) in [6, 6.07) is 0. The van der Waals surface area contributed by atoms with Crippen molar-refractivity contribution in [3.63, 3.8) is 0 Å². The Balaban J connectivity index is 1.70. The van der Waals surface area contributed by atoms with Gasteiger partial charge in [0.05, 0.1) is 13.1 Å². The van der Waals surface area contributed by atoms with Crippen LogP contribution in [0.1, 0.15) is 25.7 Å². The summed E-state index contributed by atoms with van der Waals surface area (Å²) in [6.45, 7) is 2.61. The minimum Gasteiger partial charge on any atom is -0.342 e. The van der Waals surface area contributed by atoms with Gasteiger partial charge in [-0.25, -0.2) is 0 Å². The van der Waals surface area contributed by atoms with Crippen LogP contribution in [0, 0.1) is 5.92 Å². The molecule has 0 bridgehead atoms. The SMILES string of the molecule is CN(CC(=O)C1CC1)CC(=O)N1CCCC1. The van der Waals surface area contributed by atoms with Gasteiger partial charge in [0.1, 0.15) is 5.78 Å². The Morgan fingerprint density at radius 1 is 1.19 bits per heavy atom. The molecular weight excluding hydrogens is 204 g/mol. The maximum absolute atomic E-state index is 11.8. The Kier molecular flexibility index (Phi) is 3.59. The van der Waals surface area contributed by atoms with Crippen LogP contribution in [0.25, 0.3) is 0 Å². The highest BCUT2D eigenvalue weighted by atomic mass is 16.2. The first-order valence-electron chi connectivity index (χ1n) is 6.16. The summed E-state index contributed by atoms with van der Waals surface area (Å²) in [5, 5.41) is 0. The number of likely N-dealkylation sites (tertiary alicyclic amines) is 1. The number of carbonyl (C=O) groups excluding carboxylic acids is 2. The molecule has 1 heterocycles. The second kappa shape index (κ2) is 4.95. The van der Waals surface area contributed by atoms with Gasteiger partial charge in [0.2, 0.25) is 5.91 Å². The largest absolute Gasteiger partial charge is 0.342 e. The summed E-state index contributed by atoms with van der Waals surface area (Å²) in [7, 11) is 1.86. The number of rotatable bonds is 5. The van der Waals surface area contributed by atoms with Gasteiger partial charge >= 0.3 is 0 Å². The van der Waals surface area contributed by atoms with E-state index >= 15 is 0 Å². The first-order chi connectivity index (χ1) is 7.66. The lowest BCUT2D eigenvalue weighted by atomic mass is 10.2. The fraction of sp³-hybridized carbons (Fsp3) is 0.833. The van der Waals surface area contributed by atoms with Crippen LogP contribution in [0.5, 0.6) is 0 Å². The zero-order valence-corrected chi connectivity index (χ0v) is 9.95. The predicted molar refractivity (Wildman–Crippen MR) is 61.0 cm³/mol. The molecule has 0 N–H and O–H groups in total. The second-order valence-corrected chi connectivity index (χ2v) is 5.00. The number of Topliss-reactive ketones (excluding diaryl/α,β-unsaturated/α-hetero) is 1. The Morgan fingerprint density at radius 3 is 2.38 bits per heavy atom. The molecule has 0 aromatic heterocycles. The minimum absolute atomic E-state index is 0.170. The Hall–Kier alpha value is -0.900. The van der Waals surface area contributed by atoms with Crippen LogP contribution in [0.15, 0.2) is 0 Å². The zero-order chi connectivity index (χ0) is 11.5. The zero-order valence-electron chi connectivity index (χ0n) is 9.95. The molecule has 0 spiro atoms. The molecule has 1 amide bonds. The van der Waals surface area contributed by atoms with Gasteiger partial charge in [-0.3, -0.25) is 14.5 Å². The average Bonchev–Trinajstić information content (AvgIpc) is 2.93. The van der Waals surface area contributed by atoms with Gasteiger partial charge in [-0.05, 0) is 32.7 Å². The summed E-state index contributed by atoms with van der Waals surface area (Å²) in [4.78, 5) is 27.1. The molecule has 16 heavy (non-hydrogen) atoms. The fourth-order valence-electron chi connectivity index (χ4n) is 2.15. The third-order valence-electron chi connectivity index (χ3n) is 3.32. The Labute approximate surface area is 96.6 Å². The van der Waals surface area contributed by atoms with Crippen LogP contribution >= 0.6 is 0 Å². The van der Waals surface area contributed by atoms with E-state index in [1.807, 2.05) is 16.8 Å². The number of amides is 1. The number of hydrogen-bond acceptors (Lipinski definition) is 3. The quantitative estimate of drug-likeness (QED) is 0.683. The van der Waals surface area contributed by atoms with Crippen LogP contribution < -0.4 is 0 Å². The van der Waals surface area contributed by atoms with Gasteiger partial charge in [0.15, 0.2) is 0 Å². The molecule has 1 aliphatic heterocycles. The monoisotopic (exact) mass is 224 g/mol. The summed E-state index contributed by atoms with van der Waals surface area (Å²) in [5.41, 5.74) is 0. The van der Waals surface area contributed by atoms with Crippen molar-refractivity contribution in [1.29, 1.82) is 0 Å².